The number of rotatable bonds is 4. The number of nitrogens with one attached hydrogen (secondary N) is 3. The Morgan fingerprint density at radius 1 is 0.857 bits per heavy atom. The summed E-state index contributed by atoms with van der Waals surface area (Å²) >= 11 is 0. The lowest BCUT2D eigenvalue weighted by atomic mass is 10.0. The lowest BCUT2D eigenvalue weighted by Crippen LogP contribution is -2.25. The molecule has 0 saturated carbocycles. The highest BCUT2D eigenvalue weighted by atomic mass is 14.9. The van der Waals surface area contributed by atoms with Crippen molar-refractivity contribution in [3.05, 3.63) is 42.5 Å². The van der Waals surface area contributed by atoms with Crippen molar-refractivity contribution in [1.82, 2.24) is 0 Å². The molecular weight excluding hydrogens is 258 g/mol. The summed E-state index contributed by atoms with van der Waals surface area (Å²) in [7, 11) is 3.90. The van der Waals surface area contributed by atoms with Crippen molar-refractivity contribution in [2.24, 2.45) is 0 Å². The van der Waals surface area contributed by atoms with E-state index in [4.69, 9.17) is 0 Å². The van der Waals surface area contributed by atoms with Crippen molar-refractivity contribution >= 4 is 17.1 Å². The zero-order valence-electron chi connectivity index (χ0n) is 13.5. The minimum Gasteiger partial charge on any atom is -0.386 e. The smallest absolute Gasteiger partial charge is 0.0652 e. The maximum Gasteiger partial charge on any atom is 0.0652 e. The van der Waals surface area contributed by atoms with Gasteiger partial charge in [0.2, 0.25) is 0 Å². The molecule has 0 bridgehead atoms. The second-order valence-electron chi connectivity index (χ2n) is 6.18. The second-order valence-corrected chi connectivity index (χ2v) is 6.18. The van der Waals surface area contributed by atoms with Crippen LogP contribution in [0.25, 0.3) is 11.1 Å². The summed E-state index contributed by atoms with van der Waals surface area (Å²) in [5, 5.41) is 10.1. The maximum atomic E-state index is 3.52. The molecule has 0 aliphatic rings. The number of benzene rings is 2. The van der Waals surface area contributed by atoms with Crippen molar-refractivity contribution in [2.45, 2.75) is 26.3 Å². The van der Waals surface area contributed by atoms with Gasteiger partial charge in [-0.2, -0.15) is 0 Å². The van der Waals surface area contributed by atoms with E-state index in [9.17, 15) is 0 Å². The lowest BCUT2D eigenvalue weighted by molar-refractivity contribution is 0.634. The van der Waals surface area contributed by atoms with E-state index in [1.807, 2.05) is 14.1 Å². The third-order valence-corrected chi connectivity index (χ3v) is 3.28. The van der Waals surface area contributed by atoms with E-state index < -0.39 is 0 Å². The number of hydrogen-bond acceptors (Lipinski definition) is 3. The summed E-state index contributed by atoms with van der Waals surface area (Å²) < 4.78 is 0. The van der Waals surface area contributed by atoms with Gasteiger partial charge in [-0.3, -0.25) is 0 Å². The van der Waals surface area contributed by atoms with Gasteiger partial charge in [0.15, 0.2) is 0 Å². The van der Waals surface area contributed by atoms with Gasteiger partial charge < -0.3 is 16.0 Å². The first-order valence-corrected chi connectivity index (χ1v) is 7.32. The summed E-state index contributed by atoms with van der Waals surface area (Å²) in [6, 6.07) is 14.8. The van der Waals surface area contributed by atoms with E-state index in [0.29, 0.717) is 0 Å². The predicted octanol–water partition coefficient (Wildman–Crippen LogP) is 4.65. The van der Waals surface area contributed by atoms with Crippen molar-refractivity contribution in [3.8, 4) is 11.1 Å². The normalized spacial score (nSPS) is 11.1. The van der Waals surface area contributed by atoms with Crippen LogP contribution in [-0.4, -0.2) is 19.6 Å². The molecule has 0 atom stereocenters. The number of para-hydroxylation sites is 1. The van der Waals surface area contributed by atoms with Gasteiger partial charge in [-0.1, -0.05) is 24.3 Å². The van der Waals surface area contributed by atoms with Crippen LogP contribution in [0.4, 0.5) is 17.1 Å². The Kier molecular flexibility index (Phi) is 4.41. The van der Waals surface area contributed by atoms with E-state index in [1.54, 1.807) is 0 Å². The predicted molar refractivity (Wildman–Crippen MR) is 94.3 cm³/mol. The molecule has 21 heavy (non-hydrogen) atoms. The molecule has 0 heterocycles. The van der Waals surface area contributed by atoms with Crippen LogP contribution in [0.5, 0.6) is 0 Å². The molecule has 0 aromatic heterocycles. The van der Waals surface area contributed by atoms with Crippen molar-refractivity contribution in [2.75, 3.05) is 30.0 Å². The average molecular weight is 283 g/mol. The molecule has 2 rings (SSSR count). The van der Waals surface area contributed by atoms with E-state index in [0.717, 1.165) is 17.1 Å². The fourth-order valence-electron chi connectivity index (χ4n) is 2.47. The van der Waals surface area contributed by atoms with E-state index in [1.165, 1.54) is 11.1 Å². The molecule has 0 aliphatic carbocycles. The third kappa shape index (κ3) is 3.69. The monoisotopic (exact) mass is 283 g/mol. The molecule has 0 fully saturated rings. The van der Waals surface area contributed by atoms with Crippen LogP contribution >= 0.6 is 0 Å². The molecule has 0 saturated heterocycles. The Labute approximate surface area is 127 Å². The maximum absolute atomic E-state index is 3.52. The first kappa shape index (κ1) is 15.2. The Morgan fingerprint density at radius 2 is 1.57 bits per heavy atom. The third-order valence-electron chi connectivity index (χ3n) is 3.28. The SMILES string of the molecule is CNc1cccc(-c2cccc(NC(C)(C)C)c2)c1NC. The lowest BCUT2D eigenvalue weighted by Gasteiger charge is -2.23. The summed E-state index contributed by atoms with van der Waals surface area (Å²) in [5.41, 5.74) is 5.80. The molecule has 0 aliphatic heterocycles. The highest BCUT2D eigenvalue weighted by Crippen LogP contribution is 2.35. The van der Waals surface area contributed by atoms with Crippen LogP contribution in [0.15, 0.2) is 42.5 Å². The molecule has 112 valence electrons. The molecular formula is C18H25N3. The van der Waals surface area contributed by atoms with E-state index >= 15 is 0 Å². The van der Waals surface area contributed by atoms with Crippen LogP contribution in [0.1, 0.15) is 20.8 Å². The fourth-order valence-corrected chi connectivity index (χ4v) is 2.47. The van der Waals surface area contributed by atoms with E-state index in [2.05, 4.69) is 79.2 Å². The van der Waals surface area contributed by atoms with Gasteiger partial charge in [-0.25, -0.2) is 0 Å². The molecule has 2 aromatic rings. The van der Waals surface area contributed by atoms with Gasteiger partial charge in [0.25, 0.3) is 0 Å². The Morgan fingerprint density at radius 3 is 2.19 bits per heavy atom. The zero-order chi connectivity index (χ0) is 15.5. The molecule has 3 nitrogen and oxygen atoms in total. The van der Waals surface area contributed by atoms with Crippen LogP contribution in [0, 0.1) is 0 Å². The zero-order valence-corrected chi connectivity index (χ0v) is 13.5. The first-order chi connectivity index (χ1) is 9.94. The van der Waals surface area contributed by atoms with Crippen molar-refractivity contribution in [1.29, 1.82) is 0 Å². The molecule has 3 N–H and O–H groups in total. The molecule has 0 radical (unpaired) electrons. The summed E-state index contributed by atoms with van der Waals surface area (Å²) in [6.45, 7) is 6.50. The van der Waals surface area contributed by atoms with Crippen LogP contribution in [0.3, 0.4) is 0 Å². The first-order valence-electron chi connectivity index (χ1n) is 7.32. The Balaban J connectivity index is 2.45. The van der Waals surface area contributed by atoms with Crippen LogP contribution in [0.2, 0.25) is 0 Å². The summed E-state index contributed by atoms with van der Waals surface area (Å²) in [5.74, 6) is 0. The largest absolute Gasteiger partial charge is 0.386 e. The van der Waals surface area contributed by atoms with Crippen molar-refractivity contribution < 1.29 is 0 Å². The Hall–Kier alpha value is -2.16. The number of anilines is 3. The minimum absolute atomic E-state index is 0.0529. The molecule has 0 amide bonds. The summed E-state index contributed by atoms with van der Waals surface area (Å²) in [4.78, 5) is 0. The van der Waals surface area contributed by atoms with Gasteiger partial charge in [-0.05, 0) is 44.5 Å². The van der Waals surface area contributed by atoms with Gasteiger partial charge >= 0.3 is 0 Å². The molecule has 0 unspecified atom stereocenters. The van der Waals surface area contributed by atoms with Gasteiger partial charge in [0, 0.05) is 30.9 Å². The molecule has 2 aromatic carbocycles. The fraction of sp³-hybridized carbons (Fsp3) is 0.333. The van der Waals surface area contributed by atoms with E-state index in [-0.39, 0.29) is 5.54 Å². The summed E-state index contributed by atoms with van der Waals surface area (Å²) in [6.07, 6.45) is 0. The quantitative estimate of drug-likeness (QED) is 0.764. The average Bonchev–Trinajstić information content (AvgIpc) is 2.44. The van der Waals surface area contributed by atoms with Gasteiger partial charge in [0.05, 0.1) is 11.4 Å². The van der Waals surface area contributed by atoms with Crippen molar-refractivity contribution in [3.63, 3.8) is 0 Å². The topological polar surface area (TPSA) is 36.1 Å². The van der Waals surface area contributed by atoms with Crippen LogP contribution in [-0.2, 0) is 0 Å². The highest BCUT2D eigenvalue weighted by molar-refractivity contribution is 5.87. The minimum atomic E-state index is 0.0529. The Bertz CT molecular complexity index is 612. The molecule has 0 spiro atoms. The second kappa shape index (κ2) is 6.08. The van der Waals surface area contributed by atoms with Gasteiger partial charge in [-0.15, -0.1) is 0 Å². The van der Waals surface area contributed by atoms with Gasteiger partial charge in [0.1, 0.15) is 0 Å². The molecule has 3 heteroatoms. The van der Waals surface area contributed by atoms with Crippen LogP contribution < -0.4 is 16.0 Å². The standard InChI is InChI=1S/C18H25N3/c1-18(2,3)21-14-9-6-8-13(12-14)15-10-7-11-16(19-4)17(15)20-5/h6-12,19-21H,1-5H3. The highest BCUT2D eigenvalue weighted by Gasteiger charge is 2.11. The number of hydrogen-bond donors (Lipinski definition) is 3.